The number of carbonyl (C=O) groups is 1. The molecular formula is C23H27N2O3P. The van der Waals surface area contributed by atoms with E-state index in [1.54, 1.807) is 0 Å². The van der Waals surface area contributed by atoms with Crippen LogP contribution >= 0.6 is 7.92 Å². The first-order valence-corrected chi connectivity index (χ1v) is 11.5. The molecule has 2 heterocycles. The Morgan fingerprint density at radius 2 is 1.69 bits per heavy atom. The lowest BCUT2D eigenvalue weighted by Crippen LogP contribution is -2.40. The lowest BCUT2D eigenvalue weighted by Gasteiger charge is -2.25. The standard InChI is InChI=1S/C23H27N2O3P/c1-16(2)20-15-28-22(24-20)21-13-19(14-25(21)23(26)27)29(17-9-5-3-6-10-17)18-11-7-4-8-12-18/h3-12,16,19-21H,13-15H2,1-2H3,(H,26,27). The Labute approximate surface area is 173 Å². The molecule has 0 aromatic heterocycles. The molecular weight excluding hydrogens is 383 g/mol. The van der Waals surface area contributed by atoms with Crippen LogP contribution in [0.4, 0.5) is 4.79 Å². The number of carboxylic acid groups (broad SMARTS) is 1. The Bertz CT molecular complexity index is 833. The minimum atomic E-state index is -0.895. The van der Waals surface area contributed by atoms with Gasteiger partial charge in [0.15, 0.2) is 0 Å². The van der Waals surface area contributed by atoms with Crippen LogP contribution in [-0.4, -0.2) is 52.9 Å². The summed E-state index contributed by atoms with van der Waals surface area (Å²) in [6.07, 6.45) is -0.154. The molecule has 4 rings (SSSR count). The summed E-state index contributed by atoms with van der Waals surface area (Å²) in [5.41, 5.74) is 0.222. The fourth-order valence-electron chi connectivity index (χ4n) is 4.13. The molecule has 1 saturated heterocycles. The van der Waals surface area contributed by atoms with Gasteiger partial charge in [0, 0.05) is 12.2 Å². The van der Waals surface area contributed by atoms with E-state index in [9.17, 15) is 9.90 Å². The topological polar surface area (TPSA) is 62.1 Å². The van der Waals surface area contributed by atoms with Crippen LogP contribution in [0, 0.1) is 5.92 Å². The normalized spacial score (nSPS) is 24.1. The van der Waals surface area contributed by atoms with Crippen LogP contribution in [0.15, 0.2) is 65.7 Å². The van der Waals surface area contributed by atoms with E-state index in [2.05, 4.69) is 62.4 Å². The second kappa shape index (κ2) is 8.54. The highest BCUT2D eigenvalue weighted by Gasteiger charge is 2.44. The van der Waals surface area contributed by atoms with Gasteiger partial charge in [0.05, 0.1) is 6.04 Å². The Balaban J connectivity index is 1.66. The van der Waals surface area contributed by atoms with Crippen molar-refractivity contribution in [1.82, 2.24) is 4.90 Å². The molecule has 6 heteroatoms. The smallest absolute Gasteiger partial charge is 0.407 e. The number of rotatable bonds is 5. The number of nitrogens with zero attached hydrogens (tertiary/aromatic N) is 2. The summed E-state index contributed by atoms with van der Waals surface area (Å²) in [5.74, 6) is 0.985. The molecule has 0 aliphatic carbocycles. The fraction of sp³-hybridized carbons (Fsp3) is 0.391. The highest BCUT2D eigenvalue weighted by atomic mass is 31.1. The fourth-order valence-corrected chi connectivity index (χ4v) is 7.00. The monoisotopic (exact) mass is 410 g/mol. The van der Waals surface area contributed by atoms with Gasteiger partial charge in [0.25, 0.3) is 0 Å². The van der Waals surface area contributed by atoms with Crippen LogP contribution in [0.2, 0.25) is 0 Å². The van der Waals surface area contributed by atoms with Gasteiger partial charge in [-0.2, -0.15) is 0 Å². The van der Waals surface area contributed by atoms with Crippen molar-refractivity contribution in [2.45, 2.75) is 38.0 Å². The molecule has 0 radical (unpaired) electrons. The van der Waals surface area contributed by atoms with Gasteiger partial charge in [-0.1, -0.05) is 74.5 Å². The summed E-state index contributed by atoms with van der Waals surface area (Å²) in [7, 11) is -0.683. The van der Waals surface area contributed by atoms with Crippen molar-refractivity contribution in [1.29, 1.82) is 0 Å². The highest BCUT2D eigenvalue weighted by Crippen LogP contribution is 2.46. The molecule has 1 N–H and O–H groups in total. The lowest BCUT2D eigenvalue weighted by atomic mass is 10.1. The molecule has 0 saturated carbocycles. The number of hydrogen-bond acceptors (Lipinski definition) is 3. The number of benzene rings is 2. The van der Waals surface area contributed by atoms with Crippen molar-refractivity contribution in [2.24, 2.45) is 10.9 Å². The molecule has 0 spiro atoms. The average Bonchev–Trinajstić information content (AvgIpc) is 3.37. The van der Waals surface area contributed by atoms with Gasteiger partial charge in [-0.05, 0) is 30.9 Å². The zero-order chi connectivity index (χ0) is 20.4. The predicted octanol–water partition coefficient (Wildman–Crippen LogP) is 3.69. The molecule has 2 aromatic rings. The molecule has 3 unspecified atom stereocenters. The van der Waals surface area contributed by atoms with Crippen molar-refractivity contribution in [3.05, 3.63) is 60.7 Å². The quantitative estimate of drug-likeness (QED) is 0.765. The molecule has 1 fully saturated rings. The molecule has 2 aromatic carbocycles. The minimum absolute atomic E-state index is 0.115. The van der Waals surface area contributed by atoms with Gasteiger partial charge in [0.1, 0.15) is 12.6 Å². The molecule has 29 heavy (non-hydrogen) atoms. The second-order valence-electron chi connectivity index (χ2n) is 7.97. The zero-order valence-corrected chi connectivity index (χ0v) is 17.7. The average molecular weight is 410 g/mol. The summed E-state index contributed by atoms with van der Waals surface area (Å²) in [6.45, 7) is 5.30. The van der Waals surface area contributed by atoms with Crippen molar-refractivity contribution >= 4 is 30.5 Å². The van der Waals surface area contributed by atoms with E-state index in [4.69, 9.17) is 9.73 Å². The Morgan fingerprint density at radius 1 is 1.10 bits per heavy atom. The van der Waals surface area contributed by atoms with Gasteiger partial charge in [-0.15, -0.1) is 0 Å². The maximum Gasteiger partial charge on any atom is 0.407 e. The van der Waals surface area contributed by atoms with Crippen LogP contribution in [0.25, 0.3) is 0 Å². The summed E-state index contributed by atoms with van der Waals surface area (Å²) in [5, 5.41) is 12.4. The van der Waals surface area contributed by atoms with Gasteiger partial charge < -0.3 is 9.84 Å². The van der Waals surface area contributed by atoms with Crippen LogP contribution in [0.5, 0.6) is 0 Å². The van der Waals surface area contributed by atoms with E-state index in [1.807, 2.05) is 12.1 Å². The third-order valence-electron chi connectivity index (χ3n) is 5.71. The van der Waals surface area contributed by atoms with E-state index in [-0.39, 0.29) is 17.7 Å². The van der Waals surface area contributed by atoms with Gasteiger partial charge in [-0.3, -0.25) is 4.90 Å². The van der Waals surface area contributed by atoms with Gasteiger partial charge >= 0.3 is 6.09 Å². The van der Waals surface area contributed by atoms with E-state index < -0.39 is 14.0 Å². The Hall–Kier alpha value is -2.39. The van der Waals surface area contributed by atoms with Crippen LogP contribution in [0.3, 0.4) is 0 Å². The van der Waals surface area contributed by atoms with Crippen LogP contribution < -0.4 is 10.6 Å². The van der Waals surface area contributed by atoms with Crippen molar-refractivity contribution in [3.63, 3.8) is 0 Å². The van der Waals surface area contributed by atoms with Crippen LogP contribution in [0.1, 0.15) is 20.3 Å². The Morgan fingerprint density at radius 3 is 2.17 bits per heavy atom. The molecule has 1 amide bonds. The highest BCUT2D eigenvalue weighted by molar-refractivity contribution is 7.73. The van der Waals surface area contributed by atoms with E-state index in [0.29, 0.717) is 25.0 Å². The first-order valence-electron chi connectivity index (χ1n) is 10.1. The van der Waals surface area contributed by atoms with Crippen molar-refractivity contribution in [2.75, 3.05) is 13.2 Å². The number of amides is 1. The summed E-state index contributed by atoms with van der Waals surface area (Å²) in [6, 6.07) is 20.8. The first-order chi connectivity index (χ1) is 14.0. The lowest BCUT2D eigenvalue weighted by molar-refractivity contribution is 0.145. The number of ether oxygens (including phenoxy) is 1. The minimum Gasteiger partial charge on any atom is -0.477 e. The number of aliphatic imine (C=N–C) groups is 1. The van der Waals surface area contributed by atoms with Crippen molar-refractivity contribution in [3.8, 4) is 0 Å². The van der Waals surface area contributed by atoms with Crippen molar-refractivity contribution < 1.29 is 14.6 Å². The van der Waals surface area contributed by atoms with E-state index >= 15 is 0 Å². The molecule has 152 valence electrons. The molecule has 3 atom stereocenters. The maximum absolute atomic E-state index is 12.0. The summed E-state index contributed by atoms with van der Waals surface area (Å²) in [4.78, 5) is 18.3. The summed E-state index contributed by atoms with van der Waals surface area (Å²) < 4.78 is 5.88. The first kappa shape index (κ1) is 19.9. The predicted molar refractivity (Wildman–Crippen MR) is 118 cm³/mol. The Kier molecular flexibility index (Phi) is 5.86. The largest absolute Gasteiger partial charge is 0.477 e. The summed E-state index contributed by atoms with van der Waals surface area (Å²) >= 11 is 0. The molecule has 2 aliphatic rings. The number of hydrogen-bond donors (Lipinski definition) is 1. The SMILES string of the molecule is CC(C)C1COC(C2CC(P(c3ccccc3)c3ccccc3)CN2C(=O)O)=N1. The zero-order valence-electron chi connectivity index (χ0n) is 16.8. The third kappa shape index (κ3) is 4.16. The second-order valence-corrected chi connectivity index (χ2v) is 10.5. The molecule has 5 nitrogen and oxygen atoms in total. The molecule has 2 aliphatic heterocycles. The maximum atomic E-state index is 12.0. The van der Waals surface area contributed by atoms with E-state index in [0.717, 1.165) is 6.42 Å². The van der Waals surface area contributed by atoms with E-state index in [1.165, 1.54) is 15.5 Å². The number of likely N-dealkylation sites (tertiary alicyclic amines) is 1. The third-order valence-corrected chi connectivity index (χ3v) is 8.52. The molecule has 0 bridgehead atoms. The van der Waals surface area contributed by atoms with Gasteiger partial charge in [0.2, 0.25) is 5.90 Å². The van der Waals surface area contributed by atoms with Gasteiger partial charge in [-0.25, -0.2) is 9.79 Å². The van der Waals surface area contributed by atoms with Crippen LogP contribution in [-0.2, 0) is 4.74 Å².